The van der Waals surface area contributed by atoms with Crippen molar-refractivity contribution >= 4 is 5.82 Å². The number of aromatic amines is 1. The van der Waals surface area contributed by atoms with Crippen molar-refractivity contribution in [1.29, 1.82) is 0 Å². The highest BCUT2D eigenvalue weighted by atomic mass is 16.3. The molecule has 5 heteroatoms. The summed E-state index contributed by atoms with van der Waals surface area (Å²) < 4.78 is 0. The Bertz CT molecular complexity index is 362. The van der Waals surface area contributed by atoms with Crippen molar-refractivity contribution < 1.29 is 5.11 Å². The molecule has 0 aliphatic carbocycles. The molecule has 3 N–H and O–H groups in total. The summed E-state index contributed by atoms with van der Waals surface area (Å²) in [5, 5.41) is 12.3. The van der Waals surface area contributed by atoms with E-state index in [-0.39, 0.29) is 11.7 Å². The van der Waals surface area contributed by atoms with E-state index in [1.165, 1.54) is 6.07 Å². The normalized spacial score (nSPS) is 12.5. The van der Waals surface area contributed by atoms with E-state index in [1.54, 1.807) is 6.92 Å². The van der Waals surface area contributed by atoms with Crippen LogP contribution in [0.15, 0.2) is 10.9 Å². The first-order valence-corrected chi connectivity index (χ1v) is 5.11. The predicted molar refractivity (Wildman–Crippen MR) is 59.0 cm³/mol. The summed E-state index contributed by atoms with van der Waals surface area (Å²) in [6.07, 6.45) is 1.11. The summed E-state index contributed by atoms with van der Waals surface area (Å²) >= 11 is 0. The molecule has 0 aliphatic rings. The largest absolute Gasteiger partial charge is 0.393 e. The zero-order valence-electron chi connectivity index (χ0n) is 9.08. The van der Waals surface area contributed by atoms with Gasteiger partial charge in [-0.05, 0) is 19.8 Å². The van der Waals surface area contributed by atoms with Gasteiger partial charge in [-0.15, -0.1) is 0 Å². The minimum absolute atomic E-state index is 0.166. The number of anilines is 1. The fraction of sp³-hybridized carbons (Fsp3) is 0.600. The van der Waals surface area contributed by atoms with Gasteiger partial charge in [-0.2, -0.15) is 0 Å². The monoisotopic (exact) mass is 211 g/mol. The Morgan fingerprint density at radius 2 is 2.40 bits per heavy atom. The molecule has 1 aromatic rings. The highest BCUT2D eigenvalue weighted by Crippen LogP contribution is 2.00. The molecule has 1 aromatic heterocycles. The zero-order valence-corrected chi connectivity index (χ0v) is 9.08. The van der Waals surface area contributed by atoms with E-state index in [2.05, 4.69) is 15.3 Å². The van der Waals surface area contributed by atoms with Gasteiger partial charge in [0.2, 0.25) is 0 Å². The Hall–Kier alpha value is -1.36. The first-order valence-electron chi connectivity index (χ1n) is 5.11. The lowest BCUT2D eigenvalue weighted by atomic mass is 10.2. The lowest BCUT2D eigenvalue weighted by Crippen LogP contribution is -2.16. The smallest absolute Gasteiger partial charge is 0.252 e. The SMILES string of the molecule is CCC(O)CCNc1cc(=O)[nH]c(C)n1. The highest BCUT2D eigenvalue weighted by molar-refractivity contribution is 5.32. The average Bonchev–Trinajstić information content (AvgIpc) is 2.16. The predicted octanol–water partition coefficient (Wildman–Crippen LogP) is 0.651. The summed E-state index contributed by atoms with van der Waals surface area (Å²) in [6, 6.07) is 1.41. The molecule has 0 radical (unpaired) electrons. The molecule has 0 spiro atoms. The van der Waals surface area contributed by atoms with Crippen molar-refractivity contribution in [2.45, 2.75) is 32.8 Å². The van der Waals surface area contributed by atoms with E-state index in [0.29, 0.717) is 24.6 Å². The molecular weight excluding hydrogens is 194 g/mol. The number of rotatable bonds is 5. The van der Waals surface area contributed by atoms with E-state index in [9.17, 15) is 9.90 Å². The van der Waals surface area contributed by atoms with Gasteiger partial charge < -0.3 is 15.4 Å². The van der Waals surface area contributed by atoms with Crippen LogP contribution in [0.5, 0.6) is 0 Å². The van der Waals surface area contributed by atoms with E-state index >= 15 is 0 Å². The number of aliphatic hydroxyl groups excluding tert-OH is 1. The number of aromatic nitrogens is 2. The minimum Gasteiger partial charge on any atom is -0.393 e. The quantitative estimate of drug-likeness (QED) is 0.668. The number of aryl methyl sites for hydroxylation is 1. The molecule has 1 unspecified atom stereocenters. The Morgan fingerprint density at radius 3 is 3.00 bits per heavy atom. The highest BCUT2D eigenvalue weighted by Gasteiger charge is 2.01. The zero-order chi connectivity index (χ0) is 11.3. The number of H-pyrrole nitrogens is 1. The van der Waals surface area contributed by atoms with Crippen LogP contribution in [-0.4, -0.2) is 27.7 Å². The topological polar surface area (TPSA) is 78.0 Å². The van der Waals surface area contributed by atoms with Crippen LogP contribution in [0, 0.1) is 6.92 Å². The Balaban J connectivity index is 2.47. The molecule has 0 amide bonds. The summed E-state index contributed by atoms with van der Waals surface area (Å²) in [4.78, 5) is 17.8. The number of nitrogens with zero attached hydrogens (tertiary/aromatic N) is 1. The van der Waals surface area contributed by atoms with Gasteiger partial charge in [0, 0.05) is 12.6 Å². The third-order valence-electron chi connectivity index (χ3n) is 2.12. The molecular formula is C10H17N3O2. The van der Waals surface area contributed by atoms with Crippen molar-refractivity contribution in [3.05, 3.63) is 22.2 Å². The van der Waals surface area contributed by atoms with Crippen molar-refractivity contribution in [3.63, 3.8) is 0 Å². The molecule has 1 heterocycles. The molecule has 0 saturated heterocycles. The maximum Gasteiger partial charge on any atom is 0.252 e. The van der Waals surface area contributed by atoms with Crippen molar-refractivity contribution in [2.24, 2.45) is 0 Å². The number of aliphatic hydroxyl groups is 1. The lowest BCUT2D eigenvalue weighted by molar-refractivity contribution is 0.164. The molecule has 84 valence electrons. The molecule has 5 nitrogen and oxygen atoms in total. The van der Waals surface area contributed by atoms with E-state index in [4.69, 9.17) is 0 Å². The molecule has 0 aliphatic heterocycles. The van der Waals surface area contributed by atoms with Crippen LogP contribution in [0.25, 0.3) is 0 Å². The van der Waals surface area contributed by atoms with Gasteiger partial charge in [0.1, 0.15) is 11.6 Å². The van der Waals surface area contributed by atoms with Crippen LogP contribution < -0.4 is 10.9 Å². The number of hydrogen-bond donors (Lipinski definition) is 3. The van der Waals surface area contributed by atoms with Crippen molar-refractivity contribution in [3.8, 4) is 0 Å². The average molecular weight is 211 g/mol. The van der Waals surface area contributed by atoms with Gasteiger partial charge in [-0.25, -0.2) is 4.98 Å². The van der Waals surface area contributed by atoms with Crippen LogP contribution in [0.3, 0.4) is 0 Å². The third-order valence-corrected chi connectivity index (χ3v) is 2.12. The molecule has 1 rings (SSSR count). The molecule has 0 saturated carbocycles. The lowest BCUT2D eigenvalue weighted by Gasteiger charge is -2.09. The molecule has 1 atom stereocenters. The van der Waals surface area contributed by atoms with Crippen LogP contribution in [0.2, 0.25) is 0 Å². The van der Waals surface area contributed by atoms with Crippen molar-refractivity contribution in [2.75, 3.05) is 11.9 Å². The van der Waals surface area contributed by atoms with Crippen molar-refractivity contribution in [1.82, 2.24) is 9.97 Å². The van der Waals surface area contributed by atoms with E-state index in [0.717, 1.165) is 6.42 Å². The molecule has 0 bridgehead atoms. The maximum atomic E-state index is 11.1. The Morgan fingerprint density at radius 1 is 1.67 bits per heavy atom. The second-order valence-corrected chi connectivity index (χ2v) is 3.49. The number of hydrogen-bond acceptors (Lipinski definition) is 4. The molecule has 0 fully saturated rings. The second-order valence-electron chi connectivity index (χ2n) is 3.49. The summed E-state index contributed by atoms with van der Waals surface area (Å²) in [6.45, 7) is 4.28. The van der Waals surface area contributed by atoms with Gasteiger partial charge in [0.25, 0.3) is 5.56 Å². The van der Waals surface area contributed by atoms with E-state index in [1.807, 2.05) is 6.92 Å². The minimum atomic E-state index is -0.291. The summed E-state index contributed by atoms with van der Waals surface area (Å²) in [5.74, 6) is 1.14. The van der Waals surface area contributed by atoms with E-state index < -0.39 is 0 Å². The molecule has 0 aromatic carbocycles. The molecule has 15 heavy (non-hydrogen) atoms. The standard InChI is InChI=1S/C10H17N3O2/c1-3-8(14)4-5-11-9-6-10(15)13-7(2)12-9/h6,8,14H,3-5H2,1-2H3,(H2,11,12,13,15). The van der Waals surface area contributed by atoms with Crippen LogP contribution >= 0.6 is 0 Å². The fourth-order valence-electron chi connectivity index (χ4n) is 1.24. The summed E-state index contributed by atoms with van der Waals surface area (Å²) in [5.41, 5.74) is -0.166. The summed E-state index contributed by atoms with van der Waals surface area (Å²) in [7, 11) is 0. The second kappa shape index (κ2) is 5.50. The van der Waals surface area contributed by atoms with Gasteiger partial charge in [0.05, 0.1) is 6.10 Å². The third kappa shape index (κ3) is 4.12. The number of nitrogens with one attached hydrogen (secondary N) is 2. The van der Waals surface area contributed by atoms with Gasteiger partial charge >= 0.3 is 0 Å². The first kappa shape index (κ1) is 11.7. The first-order chi connectivity index (χ1) is 7.11. The van der Waals surface area contributed by atoms with Crippen LogP contribution in [0.1, 0.15) is 25.6 Å². The Labute approximate surface area is 88.6 Å². The Kier molecular flexibility index (Phi) is 4.30. The van der Waals surface area contributed by atoms with Gasteiger partial charge in [-0.1, -0.05) is 6.92 Å². The maximum absolute atomic E-state index is 11.1. The van der Waals surface area contributed by atoms with Crippen LogP contribution in [-0.2, 0) is 0 Å². The van der Waals surface area contributed by atoms with Crippen LogP contribution in [0.4, 0.5) is 5.82 Å². The van der Waals surface area contributed by atoms with Gasteiger partial charge in [-0.3, -0.25) is 4.79 Å². The van der Waals surface area contributed by atoms with Gasteiger partial charge in [0.15, 0.2) is 0 Å². The fourth-order valence-corrected chi connectivity index (χ4v) is 1.24.